The Morgan fingerprint density at radius 2 is 1.97 bits per heavy atom. The monoisotopic (exact) mass is 398 g/mol. The Morgan fingerprint density at radius 1 is 1.10 bits per heavy atom. The molecule has 2 aromatic carbocycles. The first-order valence-electron chi connectivity index (χ1n) is 10.2. The summed E-state index contributed by atoms with van der Waals surface area (Å²) in [5, 5.41) is 1.54. The molecule has 1 amide bonds. The van der Waals surface area contributed by atoms with Gasteiger partial charge in [0.15, 0.2) is 0 Å². The SMILES string of the molecule is C[C@@H]1CCN(C(=O)c2ccc3ncc(-c4ccc5c(=O)n(C)ccc5c4)nc3c2)C1. The van der Waals surface area contributed by atoms with E-state index in [4.69, 9.17) is 4.98 Å². The molecule has 3 heterocycles. The van der Waals surface area contributed by atoms with Crippen LogP contribution in [0.2, 0.25) is 0 Å². The van der Waals surface area contributed by atoms with Crippen LogP contribution in [0.4, 0.5) is 0 Å². The van der Waals surface area contributed by atoms with E-state index in [1.165, 1.54) is 0 Å². The van der Waals surface area contributed by atoms with Crippen LogP contribution in [0.1, 0.15) is 23.7 Å². The second kappa shape index (κ2) is 7.06. The summed E-state index contributed by atoms with van der Waals surface area (Å²) in [5.74, 6) is 0.598. The Morgan fingerprint density at radius 3 is 2.77 bits per heavy atom. The number of rotatable bonds is 2. The van der Waals surface area contributed by atoms with Gasteiger partial charge in [-0.15, -0.1) is 0 Å². The average Bonchev–Trinajstić information content (AvgIpc) is 3.21. The van der Waals surface area contributed by atoms with Gasteiger partial charge in [0, 0.05) is 42.8 Å². The van der Waals surface area contributed by atoms with Crippen LogP contribution in [0.25, 0.3) is 33.1 Å². The lowest BCUT2D eigenvalue weighted by Crippen LogP contribution is -2.28. The minimum Gasteiger partial charge on any atom is -0.338 e. The molecule has 150 valence electrons. The first-order chi connectivity index (χ1) is 14.5. The fourth-order valence-corrected chi connectivity index (χ4v) is 4.09. The summed E-state index contributed by atoms with van der Waals surface area (Å²) >= 11 is 0. The van der Waals surface area contributed by atoms with Gasteiger partial charge in [-0.3, -0.25) is 14.6 Å². The van der Waals surface area contributed by atoms with E-state index < -0.39 is 0 Å². The van der Waals surface area contributed by atoms with Crippen LogP contribution in [0.5, 0.6) is 0 Å². The topological polar surface area (TPSA) is 68.1 Å². The minimum atomic E-state index is -0.0250. The molecule has 2 aromatic heterocycles. The van der Waals surface area contributed by atoms with Crippen molar-refractivity contribution in [3.8, 4) is 11.3 Å². The second-order valence-corrected chi connectivity index (χ2v) is 8.14. The van der Waals surface area contributed by atoms with Gasteiger partial charge in [0.2, 0.25) is 0 Å². The molecule has 4 aromatic rings. The molecule has 0 aliphatic carbocycles. The number of hydrogen-bond acceptors (Lipinski definition) is 4. The summed E-state index contributed by atoms with van der Waals surface area (Å²) in [7, 11) is 1.74. The van der Waals surface area contributed by atoms with Crippen LogP contribution in [0.3, 0.4) is 0 Å². The van der Waals surface area contributed by atoms with Crippen molar-refractivity contribution in [3.63, 3.8) is 0 Å². The van der Waals surface area contributed by atoms with Crippen LogP contribution in [-0.4, -0.2) is 38.4 Å². The van der Waals surface area contributed by atoms with Crippen LogP contribution in [0.15, 0.2) is 59.7 Å². The van der Waals surface area contributed by atoms with E-state index in [0.717, 1.165) is 36.0 Å². The van der Waals surface area contributed by atoms with E-state index in [0.29, 0.717) is 28.1 Å². The normalized spacial score (nSPS) is 16.5. The average molecular weight is 398 g/mol. The van der Waals surface area contributed by atoms with Gasteiger partial charge in [-0.05, 0) is 54.1 Å². The highest BCUT2D eigenvalue weighted by atomic mass is 16.2. The Balaban J connectivity index is 1.54. The summed E-state index contributed by atoms with van der Waals surface area (Å²) in [6.45, 7) is 3.78. The fraction of sp³-hybridized carbons (Fsp3) is 0.250. The largest absolute Gasteiger partial charge is 0.338 e. The van der Waals surface area contributed by atoms with Crippen molar-refractivity contribution in [2.75, 3.05) is 13.1 Å². The van der Waals surface area contributed by atoms with Gasteiger partial charge in [-0.2, -0.15) is 0 Å². The van der Waals surface area contributed by atoms with Gasteiger partial charge in [0.1, 0.15) is 0 Å². The first kappa shape index (κ1) is 18.5. The van der Waals surface area contributed by atoms with Crippen molar-refractivity contribution >= 4 is 27.7 Å². The number of carbonyl (C=O) groups excluding carboxylic acids is 1. The van der Waals surface area contributed by atoms with E-state index >= 15 is 0 Å². The number of pyridine rings is 1. The lowest BCUT2D eigenvalue weighted by Gasteiger charge is -2.16. The molecular formula is C24H22N4O2. The van der Waals surface area contributed by atoms with Crippen molar-refractivity contribution in [2.24, 2.45) is 13.0 Å². The zero-order valence-electron chi connectivity index (χ0n) is 17.0. The van der Waals surface area contributed by atoms with E-state index in [1.807, 2.05) is 47.4 Å². The Hall–Kier alpha value is -3.54. The molecule has 0 spiro atoms. The molecular weight excluding hydrogens is 376 g/mol. The van der Waals surface area contributed by atoms with Crippen LogP contribution >= 0.6 is 0 Å². The molecule has 0 unspecified atom stereocenters. The number of hydrogen-bond donors (Lipinski definition) is 0. The number of nitrogens with zero attached hydrogens (tertiary/aromatic N) is 4. The van der Waals surface area contributed by atoms with Gasteiger partial charge in [-0.25, -0.2) is 4.98 Å². The predicted molar refractivity (Wildman–Crippen MR) is 117 cm³/mol. The number of aromatic nitrogens is 3. The number of fused-ring (bicyclic) bond motifs is 2. The van der Waals surface area contributed by atoms with Gasteiger partial charge < -0.3 is 9.47 Å². The fourth-order valence-electron chi connectivity index (χ4n) is 4.09. The maximum absolute atomic E-state index is 12.8. The molecule has 1 saturated heterocycles. The number of carbonyl (C=O) groups is 1. The van der Waals surface area contributed by atoms with Gasteiger partial charge in [0.05, 0.1) is 22.9 Å². The molecule has 5 rings (SSSR count). The maximum atomic E-state index is 12.8. The molecule has 6 heteroatoms. The van der Waals surface area contributed by atoms with Crippen molar-refractivity contribution in [3.05, 3.63) is 70.8 Å². The van der Waals surface area contributed by atoms with Crippen molar-refractivity contribution in [2.45, 2.75) is 13.3 Å². The van der Waals surface area contributed by atoms with Gasteiger partial charge in [0.25, 0.3) is 11.5 Å². The third-order valence-electron chi connectivity index (χ3n) is 5.88. The van der Waals surface area contributed by atoms with Crippen LogP contribution in [-0.2, 0) is 7.05 Å². The standard InChI is InChI=1S/C24H22N4O2/c1-15-7-10-28(14-15)23(29)18-4-6-20-21(12-18)26-22(13-25-20)17-3-5-19-16(11-17)8-9-27(2)24(19)30/h3-6,8-9,11-13,15H,7,10,14H2,1-2H3/t15-/m1/s1. The predicted octanol–water partition coefficient (Wildman–Crippen LogP) is 3.63. The van der Waals surface area contributed by atoms with E-state index in [9.17, 15) is 9.59 Å². The minimum absolute atomic E-state index is 0.0250. The quantitative estimate of drug-likeness (QED) is 0.517. The summed E-state index contributed by atoms with van der Waals surface area (Å²) in [6.07, 6.45) is 4.54. The zero-order chi connectivity index (χ0) is 20.8. The number of amides is 1. The summed E-state index contributed by atoms with van der Waals surface area (Å²) < 4.78 is 1.57. The highest BCUT2D eigenvalue weighted by Gasteiger charge is 2.24. The number of aryl methyl sites for hydroxylation is 1. The van der Waals surface area contributed by atoms with Crippen molar-refractivity contribution in [1.29, 1.82) is 0 Å². The Kier molecular flexibility index (Phi) is 4.35. The smallest absolute Gasteiger partial charge is 0.258 e. The van der Waals surface area contributed by atoms with Crippen LogP contribution in [0, 0.1) is 5.92 Å². The second-order valence-electron chi connectivity index (χ2n) is 8.14. The van der Waals surface area contributed by atoms with E-state index in [1.54, 1.807) is 24.0 Å². The first-order valence-corrected chi connectivity index (χ1v) is 10.2. The highest BCUT2D eigenvalue weighted by Crippen LogP contribution is 2.24. The zero-order valence-corrected chi connectivity index (χ0v) is 17.0. The van der Waals surface area contributed by atoms with Crippen molar-refractivity contribution < 1.29 is 4.79 Å². The Labute approximate surface area is 173 Å². The summed E-state index contributed by atoms with van der Waals surface area (Å²) in [6, 6.07) is 13.1. The molecule has 1 atom stereocenters. The molecule has 0 bridgehead atoms. The summed E-state index contributed by atoms with van der Waals surface area (Å²) in [5.41, 5.74) is 3.65. The van der Waals surface area contributed by atoms with Crippen LogP contribution < -0.4 is 5.56 Å². The molecule has 0 saturated carbocycles. The lowest BCUT2D eigenvalue weighted by molar-refractivity contribution is 0.0788. The third kappa shape index (κ3) is 3.14. The molecule has 6 nitrogen and oxygen atoms in total. The van der Waals surface area contributed by atoms with E-state index in [-0.39, 0.29) is 11.5 Å². The molecule has 30 heavy (non-hydrogen) atoms. The third-order valence-corrected chi connectivity index (χ3v) is 5.88. The summed E-state index contributed by atoms with van der Waals surface area (Å²) in [4.78, 5) is 36.3. The molecule has 1 aliphatic rings. The number of likely N-dealkylation sites (tertiary alicyclic amines) is 1. The van der Waals surface area contributed by atoms with Crippen molar-refractivity contribution in [1.82, 2.24) is 19.4 Å². The number of benzene rings is 2. The highest BCUT2D eigenvalue weighted by molar-refractivity contribution is 5.97. The lowest BCUT2D eigenvalue weighted by atomic mass is 10.1. The molecule has 1 fully saturated rings. The molecule has 1 aliphatic heterocycles. The van der Waals surface area contributed by atoms with E-state index in [2.05, 4.69) is 11.9 Å². The van der Waals surface area contributed by atoms with Gasteiger partial charge >= 0.3 is 0 Å². The maximum Gasteiger partial charge on any atom is 0.258 e. The molecule has 0 N–H and O–H groups in total. The Bertz CT molecular complexity index is 1360. The molecule has 0 radical (unpaired) electrons. The van der Waals surface area contributed by atoms with Gasteiger partial charge in [-0.1, -0.05) is 13.0 Å².